The van der Waals surface area contributed by atoms with Crippen molar-refractivity contribution in [3.05, 3.63) is 59.7 Å². The van der Waals surface area contributed by atoms with Gasteiger partial charge in [-0.05, 0) is 48.9 Å². The zero-order valence-corrected chi connectivity index (χ0v) is 18.6. The van der Waals surface area contributed by atoms with Crippen molar-refractivity contribution in [2.75, 3.05) is 38.2 Å². The van der Waals surface area contributed by atoms with Crippen molar-refractivity contribution < 1.29 is 35.9 Å². The van der Waals surface area contributed by atoms with E-state index in [4.69, 9.17) is 9.47 Å². The molecule has 3 rings (SSSR count). The lowest BCUT2D eigenvalue weighted by Crippen LogP contribution is -2.40. The van der Waals surface area contributed by atoms with Crippen LogP contribution in [0.4, 0.5) is 18.9 Å². The summed E-state index contributed by atoms with van der Waals surface area (Å²) in [6, 6.07) is 8.77. The molecule has 11 heteroatoms. The van der Waals surface area contributed by atoms with Crippen molar-refractivity contribution >= 4 is 27.7 Å². The van der Waals surface area contributed by atoms with Gasteiger partial charge in [0, 0.05) is 24.9 Å². The first kappa shape index (κ1) is 24.7. The lowest BCUT2D eigenvalue weighted by atomic mass is 10.1. The highest BCUT2D eigenvalue weighted by Crippen LogP contribution is 2.31. The third-order valence-electron chi connectivity index (χ3n) is 4.74. The number of morpholine rings is 1. The Labute approximate surface area is 189 Å². The van der Waals surface area contributed by atoms with Crippen LogP contribution in [0.5, 0.6) is 5.75 Å². The Morgan fingerprint density at radius 2 is 1.91 bits per heavy atom. The number of alkyl halides is 3. The first-order chi connectivity index (χ1) is 15.6. The number of hydrogen-bond acceptors (Lipinski definition) is 5. The van der Waals surface area contributed by atoms with Gasteiger partial charge in [0.2, 0.25) is 15.9 Å². The molecule has 2 aromatic carbocycles. The molecule has 7 nitrogen and oxygen atoms in total. The Balaban J connectivity index is 1.80. The fourth-order valence-electron chi connectivity index (χ4n) is 3.16. The smallest absolute Gasteiger partial charge is 0.416 e. The van der Waals surface area contributed by atoms with Crippen molar-refractivity contribution in [3.8, 4) is 5.75 Å². The first-order valence-corrected chi connectivity index (χ1v) is 11.6. The van der Waals surface area contributed by atoms with Crippen molar-refractivity contribution in [2.24, 2.45) is 0 Å². The molecule has 1 aliphatic rings. The van der Waals surface area contributed by atoms with Crippen LogP contribution in [0.1, 0.15) is 18.1 Å². The minimum absolute atomic E-state index is 0.0918. The Morgan fingerprint density at radius 3 is 2.58 bits per heavy atom. The van der Waals surface area contributed by atoms with Gasteiger partial charge in [-0.1, -0.05) is 12.1 Å². The predicted molar refractivity (Wildman–Crippen MR) is 116 cm³/mol. The highest BCUT2D eigenvalue weighted by molar-refractivity contribution is 7.89. The fourth-order valence-corrected chi connectivity index (χ4v) is 4.73. The van der Waals surface area contributed by atoms with Gasteiger partial charge in [0.1, 0.15) is 10.6 Å². The maximum absolute atomic E-state index is 13.1. The quantitative estimate of drug-likeness (QED) is 0.605. The normalized spacial score (nSPS) is 15.5. The molecule has 0 saturated carbocycles. The van der Waals surface area contributed by atoms with E-state index in [1.54, 1.807) is 6.92 Å². The van der Waals surface area contributed by atoms with Crippen LogP contribution in [0.15, 0.2) is 53.4 Å². The summed E-state index contributed by atoms with van der Waals surface area (Å²) in [6.07, 6.45) is -2.18. The number of ether oxygens (including phenoxy) is 2. The van der Waals surface area contributed by atoms with Gasteiger partial charge in [0.15, 0.2) is 0 Å². The van der Waals surface area contributed by atoms with E-state index in [9.17, 15) is 26.4 Å². The second-order valence-corrected chi connectivity index (χ2v) is 8.96. The Bertz CT molecular complexity index is 1130. The van der Waals surface area contributed by atoms with Crippen LogP contribution >= 0.6 is 0 Å². The van der Waals surface area contributed by atoms with Crippen LogP contribution in [0, 0.1) is 0 Å². The summed E-state index contributed by atoms with van der Waals surface area (Å²) in [4.78, 5) is 12.2. The third-order valence-corrected chi connectivity index (χ3v) is 6.66. The molecule has 0 atom stereocenters. The maximum atomic E-state index is 13.1. The van der Waals surface area contributed by atoms with Crippen LogP contribution in [0.25, 0.3) is 6.08 Å². The third kappa shape index (κ3) is 6.34. The predicted octanol–water partition coefficient (Wildman–Crippen LogP) is 3.78. The minimum atomic E-state index is -4.49. The zero-order valence-electron chi connectivity index (χ0n) is 17.8. The minimum Gasteiger partial charge on any atom is -0.492 e. The summed E-state index contributed by atoms with van der Waals surface area (Å²) in [5.41, 5.74) is -0.430. The molecule has 0 spiro atoms. The topological polar surface area (TPSA) is 84.9 Å². The van der Waals surface area contributed by atoms with E-state index in [1.807, 2.05) is 0 Å². The number of nitrogens with zero attached hydrogens (tertiary/aromatic N) is 1. The summed E-state index contributed by atoms with van der Waals surface area (Å²) in [7, 11) is -3.89. The molecule has 33 heavy (non-hydrogen) atoms. The molecule has 1 aliphatic heterocycles. The molecule has 2 aromatic rings. The van der Waals surface area contributed by atoms with Crippen LogP contribution in [-0.2, 0) is 25.7 Å². The maximum Gasteiger partial charge on any atom is 0.416 e. The first-order valence-electron chi connectivity index (χ1n) is 10.1. The van der Waals surface area contributed by atoms with Gasteiger partial charge in [-0.15, -0.1) is 0 Å². The lowest BCUT2D eigenvalue weighted by molar-refractivity contribution is -0.137. The number of sulfonamides is 1. The number of hydrogen-bond donors (Lipinski definition) is 1. The van der Waals surface area contributed by atoms with Gasteiger partial charge >= 0.3 is 6.18 Å². The molecular weight excluding hydrogens is 461 g/mol. The van der Waals surface area contributed by atoms with E-state index in [2.05, 4.69) is 5.32 Å². The highest BCUT2D eigenvalue weighted by Gasteiger charge is 2.31. The molecular formula is C22H23F3N2O5S. The monoisotopic (exact) mass is 484 g/mol. The number of carbonyl (C=O) groups excluding carboxylic acids is 1. The van der Waals surface area contributed by atoms with Gasteiger partial charge in [-0.2, -0.15) is 17.5 Å². The number of halogens is 3. The molecule has 0 aliphatic carbocycles. The van der Waals surface area contributed by atoms with Crippen molar-refractivity contribution in [1.82, 2.24) is 4.31 Å². The summed E-state index contributed by atoms with van der Waals surface area (Å²) in [5.74, 6) is -0.479. The number of amides is 1. The van der Waals surface area contributed by atoms with Crippen LogP contribution in [0.3, 0.4) is 0 Å². The molecule has 0 aromatic heterocycles. The fraction of sp³-hybridized carbons (Fsp3) is 0.318. The Hall–Kier alpha value is -2.89. The Kier molecular flexibility index (Phi) is 7.77. The molecule has 0 bridgehead atoms. The standard InChI is InChI=1S/C22H23F3N2O5S/c1-2-32-19-8-7-18(15-20(19)33(29,30)27-10-12-31-13-11-27)26-21(28)9-6-16-4-3-5-17(14-16)22(23,24)25/h3-9,14-15H,2,10-13H2,1H3,(H,26,28)/b9-6+. The van der Waals surface area contributed by atoms with Gasteiger partial charge in [-0.3, -0.25) is 4.79 Å². The second-order valence-electron chi connectivity index (χ2n) is 7.06. The number of rotatable bonds is 7. The molecule has 1 fully saturated rings. The average Bonchev–Trinajstić information content (AvgIpc) is 2.79. The van der Waals surface area contributed by atoms with E-state index >= 15 is 0 Å². The second kappa shape index (κ2) is 10.4. The molecule has 1 amide bonds. The SMILES string of the molecule is CCOc1ccc(NC(=O)/C=C/c2cccc(C(F)(F)F)c2)cc1S(=O)(=O)N1CCOCC1. The van der Waals surface area contributed by atoms with E-state index in [0.717, 1.165) is 18.2 Å². The van der Waals surface area contributed by atoms with Gasteiger partial charge in [0.05, 0.1) is 25.4 Å². The van der Waals surface area contributed by atoms with Crippen molar-refractivity contribution in [3.63, 3.8) is 0 Å². The zero-order chi connectivity index (χ0) is 24.1. The molecule has 1 N–H and O–H groups in total. The van der Waals surface area contributed by atoms with Crippen LogP contribution in [0.2, 0.25) is 0 Å². The lowest BCUT2D eigenvalue weighted by Gasteiger charge is -2.27. The molecule has 0 unspecified atom stereocenters. The summed E-state index contributed by atoms with van der Waals surface area (Å²) in [6.45, 7) is 2.92. The number of carbonyl (C=O) groups is 1. The number of anilines is 1. The molecule has 0 radical (unpaired) electrons. The summed E-state index contributed by atoms with van der Waals surface area (Å²) < 4.78 is 76.7. The van der Waals surface area contributed by atoms with E-state index in [1.165, 1.54) is 40.7 Å². The van der Waals surface area contributed by atoms with Gasteiger partial charge in [-0.25, -0.2) is 8.42 Å². The van der Waals surface area contributed by atoms with Gasteiger partial charge in [0.25, 0.3) is 0 Å². The van der Waals surface area contributed by atoms with E-state index in [0.29, 0.717) is 0 Å². The number of nitrogens with one attached hydrogen (secondary N) is 1. The largest absolute Gasteiger partial charge is 0.492 e. The van der Waals surface area contributed by atoms with Crippen molar-refractivity contribution in [1.29, 1.82) is 0 Å². The van der Waals surface area contributed by atoms with Crippen LogP contribution < -0.4 is 10.1 Å². The average molecular weight is 484 g/mol. The highest BCUT2D eigenvalue weighted by atomic mass is 32.2. The molecule has 1 saturated heterocycles. The summed E-state index contributed by atoms with van der Waals surface area (Å²) in [5, 5.41) is 2.53. The van der Waals surface area contributed by atoms with E-state index < -0.39 is 27.7 Å². The van der Waals surface area contributed by atoms with Gasteiger partial charge < -0.3 is 14.8 Å². The van der Waals surface area contributed by atoms with Crippen molar-refractivity contribution in [2.45, 2.75) is 18.0 Å². The Morgan fingerprint density at radius 1 is 1.18 bits per heavy atom. The van der Waals surface area contributed by atoms with E-state index in [-0.39, 0.29) is 54.8 Å². The molecule has 178 valence electrons. The summed E-state index contributed by atoms with van der Waals surface area (Å²) >= 11 is 0. The number of benzene rings is 2. The molecule has 1 heterocycles. The van der Waals surface area contributed by atoms with Crippen LogP contribution in [-0.4, -0.2) is 51.5 Å².